The second kappa shape index (κ2) is 5.42. The quantitative estimate of drug-likeness (QED) is 0.659. The molecule has 0 spiro atoms. The van der Waals surface area contributed by atoms with Crippen molar-refractivity contribution in [2.45, 2.75) is 12.1 Å². The second-order valence-corrected chi connectivity index (χ2v) is 5.13. The van der Waals surface area contributed by atoms with Gasteiger partial charge in [-0.3, -0.25) is 0 Å². The maximum Gasteiger partial charge on any atom is 0.354 e. The Bertz CT molecular complexity index is 503. The van der Waals surface area contributed by atoms with Crippen molar-refractivity contribution in [2.24, 2.45) is 0 Å². The van der Waals surface area contributed by atoms with Crippen molar-refractivity contribution in [3.05, 3.63) is 16.9 Å². The van der Waals surface area contributed by atoms with E-state index in [0.29, 0.717) is 0 Å². The molecule has 0 fully saturated rings. The van der Waals surface area contributed by atoms with Gasteiger partial charge in [0.25, 0.3) is 0 Å². The van der Waals surface area contributed by atoms with E-state index in [9.17, 15) is 13.2 Å². The summed E-state index contributed by atoms with van der Waals surface area (Å²) in [6, 6.07) is 0.985. The molecule has 0 radical (unpaired) electrons. The van der Waals surface area contributed by atoms with Crippen molar-refractivity contribution in [1.29, 1.82) is 0 Å². The van der Waals surface area contributed by atoms with E-state index in [1.54, 1.807) is 0 Å². The molecule has 0 aliphatic rings. The van der Waals surface area contributed by atoms with Gasteiger partial charge in [-0.15, -0.1) is 12.4 Å². The average molecular weight is 287 g/mol. The number of hydrogen-bond acceptors (Lipinski definition) is 5. The lowest BCUT2D eigenvalue weighted by molar-refractivity contribution is 0.0689. The zero-order chi connectivity index (χ0) is 11.6. The fourth-order valence-electron chi connectivity index (χ4n) is 0.775. The van der Waals surface area contributed by atoms with Gasteiger partial charge in [-0.1, -0.05) is 18.5 Å². The molecule has 1 aromatic rings. The van der Waals surface area contributed by atoms with Crippen molar-refractivity contribution in [3.8, 4) is 0 Å². The highest BCUT2D eigenvalue weighted by molar-refractivity contribution is 7.91. The molecule has 0 aliphatic carbocycles. The number of sulfone groups is 1. The van der Waals surface area contributed by atoms with Gasteiger partial charge in [0.05, 0.1) is 5.75 Å². The molecule has 0 unspecified atom stereocenters. The molecule has 1 heterocycles. The van der Waals surface area contributed by atoms with Crippen LogP contribution in [0.2, 0.25) is 5.15 Å². The highest BCUT2D eigenvalue weighted by atomic mass is 35.5. The number of halogens is 2. The van der Waals surface area contributed by atoms with Crippen LogP contribution in [0.4, 0.5) is 0 Å². The monoisotopic (exact) mass is 286 g/mol. The minimum Gasteiger partial charge on any atom is -0.477 e. The number of aromatic carboxylic acids is 1. The first kappa shape index (κ1) is 15.1. The highest BCUT2D eigenvalue weighted by Crippen LogP contribution is 2.12. The van der Waals surface area contributed by atoms with E-state index in [0.717, 1.165) is 6.07 Å². The lowest BCUT2D eigenvalue weighted by atomic mass is 10.4. The van der Waals surface area contributed by atoms with Crippen LogP contribution >= 0.6 is 24.0 Å². The van der Waals surface area contributed by atoms with E-state index in [1.807, 2.05) is 0 Å². The van der Waals surface area contributed by atoms with Gasteiger partial charge in [-0.25, -0.2) is 23.2 Å². The third-order valence-corrected chi connectivity index (χ3v) is 3.24. The molecule has 1 N–H and O–H groups in total. The summed E-state index contributed by atoms with van der Waals surface area (Å²) in [5.74, 6) is -1.57. The van der Waals surface area contributed by atoms with Crippen LogP contribution < -0.4 is 0 Å². The van der Waals surface area contributed by atoms with Crippen LogP contribution in [0, 0.1) is 0 Å². The van der Waals surface area contributed by atoms with E-state index >= 15 is 0 Å². The molecule has 90 valence electrons. The molecule has 1 aromatic heterocycles. The third kappa shape index (κ3) is 3.29. The largest absolute Gasteiger partial charge is 0.477 e. The van der Waals surface area contributed by atoms with E-state index in [2.05, 4.69) is 9.97 Å². The van der Waals surface area contributed by atoms with Crippen molar-refractivity contribution in [2.75, 3.05) is 5.75 Å². The van der Waals surface area contributed by atoms with Crippen LogP contribution in [0.3, 0.4) is 0 Å². The number of aromatic nitrogens is 2. The van der Waals surface area contributed by atoms with Gasteiger partial charge in [0.15, 0.2) is 5.69 Å². The molecule has 0 aliphatic heterocycles. The first-order chi connectivity index (χ1) is 6.86. The minimum atomic E-state index is -3.65. The molecule has 0 saturated carbocycles. The van der Waals surface area contributed by atoms with Crippen molar-refractivity contribution in [1.82, 2.24) is 9.97 Å². The van der Waals surface area contributed by atoms with E-state index in [-0.39, 0.29) is 23.3 Å². The molecular formula is C7H8Cl2N2O4S. The predicted octanol–water partition coefficient (Wildman–Crippen LogP) is 1.04. The van der Waals surface area contributed by atoms with E-state index < -0.39 is 26.7 Å². The molecule has 6 nitrogen and oxygen atoms in total. The fourth-order valence-corrected chi connectivity index (χ4v) is 1.74. The molecular weight excluding hydrogens is 279 g/mol. The van der Waals surface area contributed by atoms with Gasteiger partial charge in [0.1, 0.15) is 5.15 Å². The topological polar surface area (TPSA) is 97.2 Å². The van der Waals surface area contributed by atoms with Crippen LogP contribution in [-0.4, -0.2) is 35.2 Å². The first-order valence-corrected chi connectivity index (χ1v) is 5.90. The van der Waals surface area contributed by atoms with Gasteiger partial charge in [0, 0.05) is 6.07 Å². The second-order valence-electron chi connectivity index (χ2n) is 2.57. The van der Waals surface area contributed by atoms with Gasteiger partial charge in [0.2, 0.25) is 15.0 Å². The molecule has 0 amide bonds. The summed E-state index contributed by atoms with van der Waals surface area (Å²) in [6.07, 6.45) is 0. The highest BCUT2D eigenvalue weighted by Gasteiger charge is 2.19. The Hall–Kier alpha value is -0.920. The van der Waals surface area contributed by atoms with Gasteiger partial charge < -0.3 is 5.11 Å². The van der Waals surface area contributed by atoms with Crippen molar-refractivity contribution in [3.63, 3.8) is 0 Å². The SMILES string of the molecule is CCS(=O)(=O)c1nc(Cl)cc(C(=O)O)n1.Cl. The Balaban J connectivity index is 0.00000225. The summed E-state index contributed by atoms with van der Waals surface area (Å²) in [4.78, 5) is 17.4. The van der Waals surface area contributed by atoms with Crippen LogP contribution in [0.5, 0.6) is 0 Å². The Labute approximate surface area is 103 Å². The Morgan fingerprint density at radius 3 is 2.50 bits per heavy atom. The number of carboxylic acids is 1. The average Bonchev–Trinajstić information content (AvgIpc) is 2.16. The normalized spacial score (nSPS) is 10.6. The maximum atomic E-state index is 11.4. The molecule has 16 heavy (non-hydrogen) atoms. The Morgan fingerprint density at radius 1 is 1.50 bits per heavy atom. The smallest absolute Gasteiger partial charge is 0.354 e. The summed E-state index contributed by atoms with van der Waals surface area (Å²) in [6.45, 7) is 1.40. The van der Waals surface area contributed by atoms with Gasteiger partial charge >= 0.3 is 5.97 Å². The first-order valence-electron chi connectivity index (χ1n) is 3.87. The number of carbonyl (C=O) groups is 1. The van der Waals surface area contributed by atoms with Crippen molar-refractivity contribution >= 4 is 39.8 Å². The summed E-state index contributed by atoms with van der Waals surface area (Å²) >= 11 is 5.48. The van der Waals surface area contributed by atoms with Crippen LogP contribution in [0.1, 0.15) is 17.4 Å². The van der Waals surface area contributed by atoms with Crippen LogP contribution in [-0.2, 0) is 9.84 Å². The number of carboxylic acid groups (broad SMARTS) is 1. The van der Waals surface area contributed by atoms with Crippen LogP contribution in [0.15, 0.2) is 11.2 Å². The summed E-state index contributed by atoms with van der Waals surface area (Å²) in [5.41, 5.74) is -0.443. The van der Waals surface area contributed by atoms with Gasteiger partial charge in [-0.05, 0) is 0 Å². The number of hydrogen-bond donors (Lipinski definition) is 1. The van der Waals surface area contributed by atoms with E-state index in [4.69, 9.17) is 16.7 Å². The molecule has 9 heteroatoms. The summed E-state index contributed by atoms with van der Waals surface area (Å²) in [5, 5.41) is 7.85. The minimum absolute atomic E-state index is 0. The molecule has 0 aromatic carbocycles. The van der Waals surface area contributed by atoms with Gasteiger partial charge in [-0.2, -0.15) is 0 Å². The molecule has 1 rings (SSSR count). The lowest BCUT2D eigenvalue weighted by Crippen LogP contribution is -2.12. The van der Waals surface area contributed by atoms with Crippen LogP contribution in [0.25, 0.3) is 0 Å². The summed E-state index contributed by atoms with van der Waals surface area (Å²) < 4.78 is 22.7. The van der Waals surface area contributed by atoms with E-state index in [1.165, 1.54) is 6.92 Å². The lowest BCUT2D eigenvalue weighted by Gasteiger charge is -2.01. The maximum absolute atomic E-state index is 11.4. The standard InChI is InChI=1S/C7H7ClN2O4S.ClH/c1-2-15(13,14)7-9-4(6(11)12)3-5(8)10-7;/h3H,2H2,1H3,(H,11,12);1H. The fraction of sp³-hybridized carbons (Fsp3) is 0.286. The molecule has 0 bridgehead atoms. The Kier molecular flexibility index (Phi) is 5.11. The number of rotatable bonds is 3. The third-order valence-electron chi connectivity index (χ3n) is 1.55. The zero-order valence-electron chi connectivity index (χ0n) is 8.05. The predicted molar refractivity (Wildman–Crippen MR) is 59.0 cm³/mol. The summed E-state index contributed by atoms with van der Waals surface area (Å²) in [7, 11) is -3.65. The Morgan fingerprint density at radius 2 is 2.06 bits per heavy atom. The molecule has 0 saturated heterocycles. The number of nitrogens with zero attached hydrogens (tertiary/aromatic N) is 2. The van der Waals surface area contributed by atoms with Crippen molar-refractivity contribution < 1.29 is 18.3 Å². The zero-order valence-corrected chi connectivity index (χ0v) is 10.4. The molecule has 0 atom stereocenters.